The summed E-state index contributed by atoms with van der Waals surface area (Å²) in [5, 5.41) is 2.92. The number of benzene rings is 2. The lowest BCUT2D eigenvalue weighted by atomic mass is 9.90. The Morgan fingerprint density at radius 2 is 1.38 bits per heavy atom. The maximum atomic E-state index is 12.7. The van der Waals surface area contributed by atoms with E-state index in [1.807, 2.05) is 12.1 Å². The first kappa shape index (κ1) is 20.8. The largest absolute Gasteiger partial charge is 0.496 e. The van der Waals surface area contributed by atoms with Crippen LogP contribution in [0.2, 0.25) is 0 Å². The van der Waals surface area contributed by atoms with Crippen molar-refractivity contribution in [3.63, 3.8) is 0 Å². The number of fused-ring (bicyclic) bond motifs is 1. The molecule has 1 N–H and O–H groups in total. The van der Waals surface area contributed by atoms with Gasteiger partial charge in [-0.1, -0.05) is 27.7 Å². The predicted molar refractivity (Wildman–Crippen MR) is 117 cm³/mol. The van der Waals surface area contributed by atoms with Gasteiger partial charge < -0.3 is 19.5 Å². The normalized spacial score (nSPS) is 14.4. The molecule has 5 nitrogen and oxygen atoms in total. The van der Waals surface area contributed by atoms with E-state index in [0.717, 1.165) is 33.7 Å². The van der Waals surface area contributed by atoms with Crippen LogP contribution in [0, 0.1) is 0 Å². The van der Waals surface area contributed by atoms with Crippen molar-refractivity contribution in [2.75, 3.05) is 26.6 Å². The second-order valence-electron chi connectivity index (χ2n) is 7.81. The molecule has 0 bridgehead atoms. The summed E-state index contributed by atoms with van der Waals surface area (Å²) in [6, 6.07) is 7.84. The minimum absolute atomic E-state index is 0.136. The van der Waals surface area contributed by atoms with E-state index in [0.29, 0.717) is 28.9 Å². The first-order valence-corrected chi connectivity index (χ1v) is 9.81. The zero-order valence-corrected chi connectivity index (χ0v) is 18.2. The van der Waals surface area contributed by atoms with Crippen LogP contribution in [0.15, 0.2) is 24.3 Å². The molecule has 1 aliphatic rings. The van der Waals surface area contributed by atoms with Crippen LogP contribution >= 0.6 is 0 Å². The number of nitrogens with one attached hydrogen (secondary N) is 1. The van der Waals surface area contributed by atoms with Crippen LogP contribution in [-0.2, 0) is 4.79 Å². The Kier molecular flexibility index (Phi) is 5.87. The Hall–Kier alpha value is -2.95. The number of amides is 1. The summed E-state index contributed by atoms with van der Waals surface area (Å²) >= 11 is 0. The van der Waals surface area contributed by atoms with Crippen LogP contribution in [0.1, 0.15) is 61.8 Å². The first-order chi connectivity index (χ1) is 13.8. The number of rotatable bonds is 6. The third-order valence-corrected chi connectivity index (χ3v) is 5.23. The molecule has 0 spiro atoms. The van der Waals surface area contributed by atoms with E-state index in [2.05, 4.69) is 45.1 Å². The molecule has 1 aliphatic heterocycles. The van der Waals surface area contributed by atoms with Gasteiger partial charge in [0.15, 0.2) is 11.5 Å². The lowest BCUT2D eigenvalue weighted by molar-refractivity contribution is -0.110. The van der Waals surface area contributed by atoms with Crippen molar-refractivity contribution in [2.45, 2.75) is 39.5 Å². The molecule has 5 heteroatoms. The van der Waals surface area contributed by atoms with Crippen LogP contribution in [0.3, 0.4) is 0 Å². The van der Waals surface area contributed by atoms with Gasteiger partial charge in [0.05, 0.1) is 27.0 Å². The fraction of sp³-hybridized carbons (Fsp3) is 0.375. The van der Waals surface area contributed by atoms with Gasteiger partial charge in [0.25, 0.3) is 5.91 Å². The Labute approximate surface area is 172 Å². The highest BCUT2D eigenvalue weighted by Gasteiger charge is 2.27. The lowest BCUT2D eigenvalue weighted by Gasteiger charge is -2.19. The molecule has 0 atom stereocenters. The number of anilines is 1. The molecule has 0 unspecified atom stereocenters. The summed E-state index contributed by atoms with van der Waals surface area (Å²) < 4.78 is 16.5. The summed E-state index contributed by atoms with van der Waals surface area (Å²) in [6.07, 6.45) is 1.93. The van der Waals surface area contributed by atoms with Gasteiger partial charge >= 0.3 is 0 Å². The second-order valence-corrected chi connectivity index (χ2v) is 7.81. The summed E-state index contributed by atoms with van der Waals surface area (Å²) in [5.74, 6) is 2.57. The van der Waals surface area contributed by atoms with Gasteiger partial charge in [0, 0.05) is 17.2 Å². The topological polar surface area (TPSA) is 56.8 Å². The molecule has 2 aromatic carbocycles. The van der Waals surface area contributed by atoms with Gasteiger partial charge in [-0.05, 0) is 52.8 Å². The molecular formula is C24H29NO4. The summed E-state index contributed by atoms with van der Waals surface area (Å²) in [6.45, 7) is 8.59. The molecule has 1 heterocycles. The average molecular weight is 395 g/mol. The molecule has 0 radical (unpaired) electrons. The second kappa shape index (κ2) is 8.19. The number of hydrogen-bond donors (Lipinski definition) is 1. The quantitative estimate of drug-likeness (QED) is 0.661. The van der Waals surface area contributed by atoms with Gasteiger partial charge in [-0.3, -0.25) is 4.79 Å². The SMILES string of the molecule is COc1cc2c(cc1OC)/C(=C\c1cc(C(C)C)c(OC)c(C(C)C)c1)C(=O)N2. The van der Waals surface area contributed by atoms with Crippen LogP contribution in [0.4, 0.5) is 5.69 Å². The van der Waals surface area contributed by atoms with Crippen molar-refractivity contribution in [3.8, 4) is 17.2 Å². The minimum atomic E-state index is -0.136. The zero-order chi connectivity index (χ0) is 21.3. The highest BCUT2D eigenvalue weighted by molar-refractivity contribution is 6.35. The average Bonchev–Trinajstić information content (AvgIpc) is 3.00. The van der Waals surface area contributed by atoms with Crippen LogP contribution in [0.5, 0.6) is 17.2 Å². The smallest absolute Gasteiger partial charge is 0.256 e. The summed E-state index contributed by atoms with van der Waals surface area (Å²) in [5.41, 5.74) is 5.38. The Morgan fingerprint density at radius 3 is 1.86 bits per heavy atom. The van der Waals surface area contributed by atoms with Crippen molar-refractivity contribution >= 4 is 23.2 Å². The molecule has 154 valence electrons. The zero-order valence-electron chi connectivity index (χ0n) is 18.2. The first-order valence-electron chi connectivity index (χ1n) is 9.81. The minimum Gasteiger partial charge on any atom is -0.496 e. The van der Waals surface area contributed by atoms with Gasteiger partial charge in [-0.25, -0.2) is 0 Å². The molecule has 1 amide bonds. The summed E-state index contributed by atoms with van der Waals surface area (Å²) in [4.78, 5) is 12.7. The van der Waals surface area contributed by atoms with Crippen molar-refractivity contribution in [2.24, 2.45) is 0 Å². The number of carbonyl (C=O) groups is 1. The van der Waals surface area contributed by atoms with Gasteiger partial charge in [-0.15, -0.1) is 0 Å². The molecule has 0 fully saturated rings. The van der Waals surface area contributed by atoms with Crippen LogP contribution in [-0.4, -0.2) is 27.2 Å². The predicted octanol–water partition coefficient (Wildman–Crippen LogP) is 5.45. The molecule has 3 rings (SSSR count). The third-order valence-electron chi connectivity index (χ3n) is 5.23. The van der Waals surface area contributed by atoms with Gasteiger partial charge in [0.1, 0.15) is 5.75 Å². The Morgan fingerprint density at radius 1 is 0.828 bits per heavy atom. The molecular weight excluding hydrogens is 366 g/mol. The Balaban J connectivity index is 2.18. The van der Waals surface area contributed by atoms with Crippen LogP contribution < -0.4 is 19.5 Å². The molecule has 0 aromatic heterocycles. The van der Waals surface area contributed by atoms with E-state index in [4.69, 9.17) is 14.2 Å². The third kappa shape index (κ3) is 3.82. The molecule has 29 heavy (non-hydrogen) atoms. The van der Waals surface area contributed by atoms with E-state index in [1.54, 1.807) is 27.4 Å². The van der Waals surface area contributed by atoms with Crippen molar-refractivity contribution in [1.29, 1.82) is 0 Å². The highest BCUT2D eigenvalue weighted by atomic mass is 16.5. The van der Waals surface area contributed by atoms with Crippen LogP contribution in [0.25, 0.3) is 11.6 Å². The fourth-order valence-electron chi connectivity index (χ4n) is 3.70. The standard InChI is InChI=1S/C24H29NO4/c1-13(2)16-8-15(9-17(14(3)4)23(16)29-7)10-19-18-11-21(27-5)22(28-6)12-20(18)25-24(19)26/h8-14H,1-7H3,(H,25,26)/b19-10+. The Bertz CT molecular complexity index is 944. The van der Waals surface area contributed by atoms with E-state index in [-0.39, 0.29) is 5.91 Å². The van der Waals surface area contributed by atoms with E-state index in [1.165, 1.54) is 0 Å². The van der Waals surface area contributed by atoms with E-state index >= 15 is 0 Å². The highest BCUT2D eigenvalue weighted by Crippen LogP contribution is 2.42. The molecule has 0 saturated carbocycles. The van der Waals surface area contributed by atoms with E-state index in [9.17, 15) is 4.79 Å². The monoisotopic (exact) mass is 395 g/mol. The van der Waals surface area contributed by atoms with Gasteiger partial charge in [0.2, 0.25) is 0 Å². The summed E-state index contributed by atoms with van der Waals surface area (Å²) in [7, 11) is 4.88. The van der Waals surface area contributed by atoms with Crippen molar-refractivity contribution < 1.29 is 19.0 Å². The fourth-order valence-corrected chi connectivity index (χ4v) is 3.70. The van der Waals surface area contributed by atoms with Gasteiger partial charge in [-0.2, -0.15) is 0 Å². The number of hydrogen-bond acceptors (Lipinski definition) is 4. The molecule has 0 saturated heterocycles. The molecule has 0 aliphatic carbocycles. The lowest BCUT2D eigenvalue weighted by Crippen LogP contribution is -2.04. The number of ether oxygens (including phenoxy) is 3. The van der Waals surface area contributed by atoms with Crippen molar-refractivity contribution in [1.82, 2.24) is 0 Å². The number of carbonyl (C=O) groups excluding carboxylic acids is 1. The van der Waals surface area contributed by atoms with E-state index < -0.39 is 0 Å². The van der Waals surface area contributed by atoms with Crippen molar-refractivity contribution in [3.05, 3.63) is 46.5 Å². The number of methoxy groups -OCH3 is 3. The maximum absolute atomic E-state index is 12.7. The molecule has 2 aromatic rings. The maximum Gasteiger partial charge on any atom is 0.256 e.